The number of nitrogens with zero attached hydrogens (tertiary/aromatic N) is 2. The van der Waals surface area contributed by atoms with Crippen molar-refractivity contribution in [3.05, 3.63) is 42.2 Å². The molecule has 2 rings (SSSR count). The first kappa shape index (κ1) is 14.1. The number of aromatic nitrogens is 2. The van der Waals surface area contributed by atoms with Crippen molar-refractivity contribution in [2.75, 3.05) is 7.11 Å². The van der Waals surface area contributed by atoms with Crippen molar-refractivity contribution in [1.29, 1.82) is 0 Å². The van der Waals surface area contributed by atoms with E-state index in [9.17, 15) is 13.2 Å². The molecule has 2 aromatic rings. The highest BCUT2D eigenvalue weighted by atomic mass is 32.2. The van der Waals surface area contributed by atoms with E-state index in [0.29, 0.717) is 5.75 Å². The summed E-state index contributed by atoms with van der Waals surface area (Å²) in [5.41, 5.74) is 0.141. The number of ether oxygens (including phenoxy) is 1. The standard InChI is InChI=1S/C12H13N3O4S/c1-15-8-9(7-13-15)20(17,18)14-12(16)10-5-3-4-6-11(10)19-2/h3-8H,1-2H3,(H,14,16). The molecule has 106 valence electrons. The Morgan fingerprint density at radius 2 is 2.05 bits per heavy atom. The van der Waals surface area contributed by atoms with Gasteiger partial charge in [0.2, 0.25) is 0 Å². The fourth-order valence-electron chi connectivity index (χ4n) is 1.61. The predicted octanol–water partition coefficient (Wildman–Crippen LogP) is 0.547. The Morgan fingerprint density at radius 1 is 1.35 bits per heavy atom. The van der Waals surface area contributed by atoms with Gasteiger partial charge in [-0.2, -0.15) is 5.10 Å². The maximum Gasteiger partial charge on any atom is 0.268 e. The van der Waals surface area contributed by atoms with E-state index in [2.05, 4.69) is 5.10 Å². The van der Waals surface area contributed by atoms with E-state index >= 15 is 0 Å². The number of amides is 1. The van der Waals surface area contributed by atoms with E-state index in [1.807, 2.05) is 4.72 Å². The molecule has 0 atom stereocenters. The number of methoxy groups -OCH3 is 1. The second kappa shape index (κ2) is 5.33. The Balaban J connectivity index is 2.28. The van der Waals surface area contributed by atoms with Crippen molar-refractivity contribution in [1.82, 2.24) is 14.5 Å². The lowest BCUT2D eigenvalue weighted by Crippen LogP contribution is -2.30. The van der Waals surface area contributed by atoms with Gasteiger partial charge < -0.3 is 4.74 Å². The Labute approximate surface area is 116 Å². The number of hydrogen-bond donors (Lipinski definition) is 1. The Bertz CT molecular complexity index is 737. The van der Waals surface area contributed by atoms with Crippen molar-refractivity contribution in [3.63, 3.8) is 0 Å². The molecule has 1 aromatic heterocycles. The third-order valence-corrected chi connectivity index (χ3v) is 3.86. The zero-order valence-electron chi connectivity index (χ0n) is 10.9. The van der Waals surface area contributed by atoms with E-state index in [1.54, 1.807) is 25.2 Å². The fraction of sp³-hybridized carbons (Fsp3) is 0.167. The van der Waals surface area contributed by atoms with Gasteiger partial charge in [0.25, 0.3) is 15.9 Å². The molecule has 1 aromatic carbocycles. The summed E-state index contributed by atoms with van der Waals surface area (Å²) in [7, 11) is -0.961. The topological polar surface area (TPSA) is 90.3 Å². The van der Waals surface area contributed by atoms with Crippen LogP contribution in [-0.2, 0) is 17.1 Å². The summed E-state index contributed by atoms with van der Waals surface area (Å²) >= 11 is 0. The zero-order chi connectivity index (χ0) is 14.8. The van der Waals surface area contributed by atoms with Crippen molar-refractivity contribution in [3.8, 4) is 5.75 Å². The SMILES string of the molecule is COc1ccccc1C(=O)NS(=O)(=O)c1cnn(C)c1. The van der Waals surface area contributed by atoms with Crippen LogP contribution in [0.2, 0.25) is 0 Å². The lowest BCUT2D eigenvalue weighted by atomic mass is 10.2. The van der Waals surface area contributed by atoms with Crippen LogP contribution in [-0.4, -0.2) is 31.2 Å². The highest BCUT2D eigenvalue weighted by Crippen LogP contribution is 2.18. The van der Waals surface area contributed by atoms with Gasteiger partial charge in [-0.15, -0.1) is 0 Å². The molecule has 1 N–H and O–H groups in total. The molecule has 0 bridgehead atoms. The lowest BCUT2D eigenvalue weighted by molar-refractivity contribution is 0.0978. The van der Waals surface area contributed by atoms with Gasteiger partial charge in [-0.1, -0.05) is 12.1 Å². The van der Waals surface area contributed by atoms with Crippen LogP contribution in [0.3, 0.4) is 0 Å². The molecule has 0 spiro atoms. The molecule has 20 heavy (non-hydrogen) atoms. The minimum absolute atomic E-state index is 0.0803. The molecular weight excluding hydrogens is 282 g/mol. The molecule has 0 radical (unpaired) electrons. The van der Waals surface area contributed by atoms with Gasteiger partial charge in [0.05, 0.1) is 18.9 Å². The van der Waals surface area contributed by atoms with Gasteiger partial charge >= 0.3 is 0 Å². The molecule has 0 saturated carbocycles. The Morgan fingerprint density at radius 3 is 2.65 bits per heavy atom. The molecule has 0 fully saturated rings. The van der Waals surface area contributed by atoms with Crippen molar-refractivity contribution >= 4 is 15.9 Å². The Hall–Kier alpha value is -2.35. The number of rotatable bonds is 4. The molecule has 0 aliphatic carbocycles. The van der Waals surface area contributed by atoms with E-state index < -0.39 is 15.9 Å². The summed E-state index contributed by atoms with van der Waals surface area (Å²) < 4.78 is 32.3. The van der Waals surface area contributed by atoms with Crippen molar-refractivity contribution in [2.45, 2.75) is 4.90 Å². The number of aryl methyl sites for hydroxylation is 1. The van der Waals surface area contributed by atoms with Crippen molar-refractivity contribution in [2.24, 2.45) is 7.05 Å². The molecule has 1 heterocycles. The van der Waals surface area contributed by atoms with Crippen LogP contribution in [0.25, 0.3) is 0 Å². The minimum atomic E-state index is -3.95. The maximum absolute atomic E-state index is 12.0. The maximum atomic E-state index is 12.0. The van der Waals surface area contributed by atoms with Gasteiger partial charge in [-0.25, -0.2) is 13.1 Å². The summed E-state index contributed by atoms with van der Waals surface area (Å²) in [6.07, 6.45) is 2.47. The average Bonchev–Trinajstić information content (AvgIpc) is 2.85. The van der Waals surface area contributed by atoms with Crippen molar-refractivity contribution < 1.29 is 17.9 Å². The first-order chi connectivity index (χ1) is 9.44. The molecule has 0 unspecified atom stereocenters. The smallest absolute Gasteiger partial charge is 0.268 e. The molecule has 0 aliphatic heterocycles. The van der Waals surface area contributed by atoms with Crippen LogP contribution in [0.15, 0.2) is 41.6 Å². The monoisotopic (exact) mass is 295 g/mol. The number of carbonyl (C=O) groups excluding carboxylic acids is 1. The van der Waals surface area contributed by atoms with Crippen LogP contribution in [0.4, 0.5) is 0 Å². The fourth-order valence-corrected chi connectivity index (χ4v) is 2.55. The predicted molar refractivity (Wildman–Crippen MR) is 70.9 cm³/mol. The van der Waals surface area contributed by atoms with E-state index in [-0.39, 0.29) is 10.5 Å². The minimum Gasteiger partial charge on any atom is -0.496 e. The molecule has 7 nitrogen and oxygen atoms in total. The number of nitrogens with one attached hydrogen (secondary N) is 1. The molecule has 0 aliphatic rings. The van der Waals surface area contributed by atoms with Crippen LogP contribution >= 0.6 is 0 Å². The quantitative estimate of drug-likeness (QED) is 0.889. The van der Waals surface area contributed by atoms with Gasteiger partial charge in [-0.05, 0) is 12.1 Å². The summed E-state index contributed by atoms with van der Waals surface area (Å²) in [5.74, 6) is -0.460. The van der Waals surface area contributed by atoms with E-state index in [1.165, 1.54) is 24.1 Å². The van der Waals surface area contributed by atoms with E-state index in [0.717, 1.165) is 6.20 Å². The number of carbonyl (C=O) groups is 1. The number of hydrogen-bond acceptors (Lipinski definition) is 5. The third-order valence-electron chi connectivity index (χ3n) is 2.57. The van der Waals surface area contributed by atoms with Crippen LogP contribution in [0.5, 0.6) is 5.75 Å². The number of para-hydroxylation sites is 1. The Kier molecular flexibility index (Phi) is 3.75. The summed E-state index contributed by atoms with van der Waals surface area (Å²) in [6, 6.07) is 6.36. The average molecular weight is 295 g/mol. The van der Waals surface area contributed by atoms with Crippen LogP contribution in [0, 0.1) is 0 Å². The van der Waals surface area contributed by atoms with Gasteiger partial charge in [-0.3, -0.25) is 9.48 Å². The summed E-state index contributed by atoms with van der Waals surface area (Å²) in [6.45, 7) is 0. The van der Waals surface area contributed by atoms with Crippen LogP contribution < -0.4 is 9.46 Å². The summed E-state index contributed by atoms with van der Waals surface area (Å²) in [4.78, 5) is 11.9. The second-order valence-corrected chi connectivity index (χ2v) is 5.67. The molecular formula is C12H13N3O4S. The molecule has 1 amide bonds. The second-order valence-electron chi connectivity index (χ2n) is 3.98. The number of sulfonamides is 1. The third kappa shape index (κ3) is 2.80. The van der Waals surface area contributed by atoms with Crippen LogP contribution in [0.1, 0.15) is 10.4 Å². The summed E-state index contributed by atoms with van der Waals surface area (Å²) in [5, 5.41) is 3.76. The normalized spacial score (nSPS) is 11.1. The first-order valence-corrected chi connectivity index (χ1v) is 7.11. The largest absolute Gasteiger partial charge is 0.496 e. The highest BCUT2D eigenvalue weighted by molar-refractivity contribution is 7.90. The lowest BCUT2D eigenvalue weighted by Gasteiger charge is -2.08. The van der Waals surface area contributed by atoms with Gasteiger partial charge in [0, 0.05) is 13.2 Å². The first-order valence-electron chi connectivity index (χ1n) is 5.63. The zero-order valence-corrected chi connectivity index (χ0v) is 11.7. The molecule has 0 saturated heterocycles. The number of benzene rings is 1. The van der Waals surface area contributed by atoms with Gasteiger partial charge in [0.15, 0.2) is 0 Å². The van der Waals surface area contributed by atoms with Gasteiger partial charge in [0.1, 0.15) is 10.6 Å². The highest BCUT2D eigenvalue weighted by Gasteiger charge is 2.21. The van der Waals surface area contributed by atoms with E-state index in [4.69, 9.17) is 4.74 Å². The molecule has 8 heteroatoms.